The number of benzene rings is 1. The van der Waals surface area contributed by atoms with Crippen LogP contribution >= 0.6 is 0 Å². The first-order valence-electron chi connectivity index (χ1n) is 5.51. The highest BCUT2D eigenvalue weighted by Crippen LogP contribution is 2.31. The Labute approximate surface area is 105 Å². The van der Waals surface area contributed by atoms with Crippen molar-refractivity contribution in [2.75, 3.05) is 12.8 Å². The SMILES string of the molecule is COC(=O)C1=C(O)CC(c2ccccc2N)N=C1. The van der Waals surface area contributed by atoms with Crippen LogP contribution in [-0.2, 0) is 9.53 Å². The minimum absolute atomic E-state index is 0.0231. The average Bonchev–Trinajstić information content (AvgIpc) is 2.38. The number of para-hydroxylation sites is 1. The van der Waals surface area contributed by atoms with E-state index in [0.29, 0.717) is 5.69 Å². The van der Waals surface area contributed by atoms with Crippen LogP contribution in [0.5, 0.6) is 0 Å². The van der Waals surface area contributed by atoms with Crippen LogP contribution < -0.4 is 5.73 Å². The highest BCUT2D eigenvalue weighted by molar-refractivity contribution is 6.10. The Morgan fingerprint density at radius 3 is 2.83 bits per heavy atom. The molecule has 0 amide bonds. The number of hydrogen-bond acceptors (Lipinski definition) is 5. The Kier molecular flexibility index (Phi) is 3.32. The summed E-state index contributed by atoms with van der Waals surface area (Å²) in [4.78, 5) is 15.6. The molecule has 0 radical (unpaired) electrons. The molecular weight excluding hydrogens is 232 g/mol. The average molecular weight is 246 g/mol. The van der Waals surface area contributed by atoms with Gasteiger partial charge in [-0.05, 0) is 11.6 Å². The summed E-state index contributed by atoms with van der Waals surface area (Å²) in [5, 5.41) is 9.84. The Balaban J connectivity index is 2.25. The molecule has 0 aliphatic carbocycles. The number of rotatable bonds is 2. The lowest BCUT2D eigenvalue weighted by Gasteiger charge is -2.19. The second-order valence-corrected chi connectivity index (χ2v) is 3.98. The molecule has 18 heavy (non-hydrogen) atoms. The van der Waals surface area contributed by atoms with Gasteiger partial charge in [-0.25, -0.2) is 4.79 Å². The summed E-state index contributed by atoms with van der Waals surface area (Å²) >= 11 is 0. The lowest BCUT2D eigenvalue weighted by atomic mass is 9.97. The Bertz CT molecular complexity index is 535. The first kappa shape index (κ1) is 12.2. The molecule has 1 aromatic carbocycles. The second-order valence-electron chi connectivity index (χ2n) is 3.98. The standard InChI is InChI=1S/C13H14N2O3/c1-18-13(17)9-7-15-11(6-12(9)16)8-4-2-3-5-10(8)14/h2-5,7,11,16H,6,14H2,1H3. The van der Waals surface area contributed by atoms with Crippen LogP contribution in [0.2, 0.25) is 0 Å². The Morgan fingerprint density at radius 1 is 1.50 bits per heavy atom. The summed E-state index contributed by atoms with van der Waals surface area (Å²) in [5.41, 5.74) is 7.41. The van der Waals surface area contributed by atoms with Crippen molar-refractivity contribution < 1.29 is 14.6 Å². The molecule has 5 nitrogen and oxygen atoms in total. The number of anilines is 1. The lowest BCUT2D eigenvalue weighted by Crippen LogP contribution is -2.15. The molecule has 0 saturated carbocycles. The van der Waals surface area contributed by atoms with Gasteiger partial charge in [-0.3, -0.25) is 4.99 Å². The van der Waals surface area contributed by atoms with Gasteiger partial charge in [-0.1, -0.05) is 18.2 Å². The first-order chi connectivity index (χ1) is 8.63. The molecule has 2 rings (SSSR count). The summed E-state index contributed by atoms with van der Waals surface area (Å²) in [5.74, 6) is -0.610. The molecule has 3 N–H and O–H groups in total. The number of aliphatic hydroxyl groups is 1. The molecule has 1 atom stereocenters. The van der Waals surface area contributed by atoms with Crippen molar-refractivity contribution in [2.24, 2.45) is 4.99 Å². The summed E-state index contributed by atoms with van der Waals surface area (Å²) in [6.07, 6.45) is 1.58. The molecule has 0 fully saturated rings. The minimum atomic E-state index is -0.587. The van der Waals surface area contributed by atoms with Crippen LogP contribution in [0.4, 0.5) is 5.69 Å². The fourth-order valence-corrected chi connectivity index (χ4v) is 1.87. The van der Waals surface area contributed by atoms with Gasteiger partial charge >= 0.3 is 5.97 Å². The zero-order chi connectivity index (χ0) is 13.1. The summed E-state index contributed by atoms with van der Waals surface area (Å²) in [7, 11) is 1.26. The zero-order valence-corrected chi connectivity index (χ0v) is 9.96. The molecule has 0 saturated heterocycles. The smallest absolute Gasteiger partial charge is 0.342 e. The molecule has 0 spiro atoms. The number of methoxy groups -OCH3 is 1. The number of carbonyl (C=O) groups is 1. The second kappa shape index (κ2) is 4.91. The fraction of sp³-hybridized carbons (Fsp3) is 0.231. The number of nitrogens with zero attached hydrogens (tertiary/aromatic N) is 1. The lowest BCUT2D eigenvalue weighted by molar-refractivity contribution is -0.135. The highest BCUT2D eigenvalue weighted by Gasteiger charge is 2.24. The maximum absolute atomic E-state index is 11.3. The van der Waals surface area contributed by atoms with Crippen LogP contribution in [0.25, 0.3) is 0 Å². The number of hydrogen-bond donors (Lipinski definition) is 2. The van der Waals surface area contributed by atoms with E-state index in [2.05, 4.69) is 9.73 Å². The number of esters is 1. The largest absolute Gasteiger partial charge is 0.511 e. The topological polar surface area (TPSA) is 84.9 Å². The van der Waals surface area contributed by atoms with Crippen molar-refractivity contribution in [2.45, 2.75) is 12.5 Å². The fourth-order valence-electron chi connectivity index (χ4n) is 1.87. The van der Waals surface area contributed by atoms with Gasteiger partial charge in [0.15, 0.2) is 0 Å². The van der Waals surface area contributed by atoms with E-state index in [9.17, 15) is 9.90 Å². The molecule has 1 aliphatic rings. The number of aliphatic hydroxyl groups excluding tert-OH is 1. The van der Waals surface area contributed by atoms with Gasteiger partial charge in [0, 0.05) is 18.3 Å². The third-order valence-electron chi connectivity index (χ3n) is 2.84. The van der Waals surface area contributed by atoms with E-state index in [0.717, 1.165) is 5.56 Å². The first-order valence-corrected chi connectivity index (χ1v) is 5.51. The van der Waals surface area contributed by atoms with Gasteiger partial charge in [0.25, 0.3) is 0 Å². The molecule has 1 unspecified atom stereocenters. The number of nitrogen functional groups attached to an aromatic ring is 1. The number of dihydropyridines is 1. The molecule has 1 heterocycles. The van der Waals surface area contributed by atoms with Crippen molar-refractivity contribution in [3.8, 4) is 0 Å². The molecule has 0 bridgehead atoms. The number of carbonyl (C=O) groups excluding carboxylic acids is 1. The van der Waals surface area contributed by atoms with Gasteiger partial charge in [-0.2, -0.15) is 0 Å². The minimum Gasteiger partial charge on any atom is -0.511 e. The van der Waals surface area contributed by atoms with Crippen molar-refractivity contribution >= 4 is 17.9 Å². The van der Waals surface area contributed by atoms with Crippen LogP contribution in [-0.4, -0.2) is 24.4 Å². The van der Waals surface area contributed by atoms with E-state index < -0.39 is 5.97 Å². The molecule has 0 aromatic heterocycles. The highest BCUT2D eigenvalue weighted by atomic mass is 16.5. The summed E-state index contributed by atoms with van der Waals surface area (Å²) < 4.78 is 4.55. The van der Waals surface area contributed by atoms with Gasteiger partial charge in [0.2, 0.25) is 0 Å². The molecular formula is C13H14N2O3. The van der Waals surface area contributed by atoms with E-state index in [-0.39, 0.29) is 23.8 Å². The number of nitrogens with two attached hydrogens (primary N) is 1. The van der Waals surface area contributed by atoms with Gasteiger partial charge in [0.05, 0.1) is 13.2 Å². The number of aliphatic imine (C=N–C) groups is 1. The zero-order valence-electron chi connectivity index (χ0n) is 9.96. The monoisotopic (exact) mass is 246 g/mol. The predicted octanol–water partition coefficient (Wildman–Crippen LogP) is 1.77. The molecule has 94 valence electrons. The number of ether oxygens (including phenoxy) is 1. The van der Waals surface area contributed by atoms with Crippen molar-refractivity contribution in [3.05, 3.63) is 41.2 Å². The van der Waals surface area contributed by atoms with E-state index in [1.807, 2.05) is 18.2 Å². The van der Waals surface area contributed by atoms with Crippen LogP contribution in [0, 0.1) is 0 Å². The van der Waals surface area contributed by atoms with Gasteiger partial charge in [0.1, 0.15) is 11.3 Å². The normalized spacial score (nSPS) is 18.8. The Morgan fingerprint density at radius 2 is 2.22 bits per heavy atom. The van der Waals surface area contributed by atoms with E-state index in [1.165, 1.54) is 13.3 Å². The maximum atomic E-state index is 11.3. The third kappa shape index (κ3) is 2.20. The summed E-state index contributed by atoms with van der Waals surface area (Å²) in [6, 6.07) is 7.06. The van der Waals surface area contributed by atoms with Crippen molar-refractivity contribution in [1.29, 1.82) is 0 Å². The van der Waals surface area contributed by atoms with E-state index in [4.69, 9.17) is 5.73 Å². The van der Waals surface area contributed by atoms with Gasteiger partial charge < -0.3 is 15.6 Å². The molecule has 1 aromatic rings. The molecule has 5 heteroatoms. The Hall–Kier alpha value is -2.30. The third-order valence-corrected chi connectivity index (χ3v) is 2.84. The maximum Gasteiger partial charge on any atom is 0.342 e. The van der Waals surface area contributed by atoms with Gasteiger partial charge in [-0.15, -0.1) is 0 Å². The van der Waals surface area contributed by atoms with Crippen LogP contribution in [0.3, 0.4) is 0 Å². The van der Waals surface area contributed by atoms with Crippen LogP contribution in [0.15, 0.2) is 40.6 Å². The van der Waals surface area contributed by atoms with Crippen molar-refractivity contribution in [1.82, 2.24) is 0 Å². The quantitative estimate of drug-likeness (QED) is 0.615. The van der Waals surface area contributed by atoms with Crippen molar-refractivity contribution in [3.63, 3.8) is 0 Å². The predicted molar refractivity (Wildman–Crippen MR) is 68.4 cm³/mol. The van der Waals surface area contributed by atoms with E-state index in [1.54, 1.807) is 6.07 Å². The van der Waals surface area contributed by atoms with Crippen LogP contribution in [0.1, 0.15) is 18.0 Å². The molecule has 1 aliphatic heterocycles. The van der Waals surface area contributed by atoms with E-state index >= 15 is 0 Å². The summed E-state index contributed by atoms with van der Waals surface area (Å²) in [6.45, 7) is 0.